The van der Waals surface area contributed by atoms with Gasteiger partial charge >= 0.3 is 0 Å². The van der Waals surface area contributed by atoms with Crippen molar-refractivity contribution in [1.82, 2.24) is 4.90 Å². The van der Waals surface area contributed by atoms with E-state index in [4.69, 9.17) is 10.8 Å². The lowest BCUT2D eigenvalue weighted by molar-refractivity contribution is 0.172. The van der Waals surface area contributed by atoms with E-state index >= 15 is 0 Å². The van der Waals surface area contributed by atoms with Gasteiger partial charge in [0, 0.05) is 13.2 Å². The minimum Gasteiger partial charge on any atom is -0.396 e. The molecule has 0 saturated heterocycles. The van der Waals surface area contributed by atoms with Crippen LogP contribution in [0.1, 0.15) is 26.7 Å². The number of nitrogens with two attached hydrogens (primary N) is 1. The van der Waals surface area contributed by atoms with Crippen LogP contribution in [0.25, 0.3) is 0 Å². The molecular formula is C10H24N2O. The predicted octanol–water partition coefficient (Wildman–Crippen LogP) is 0.676. The summed E-state index contributed by atoms with van der Waals surface area (Å²) in [7, 11) is 0. The Morgan fingerprint density at radius 3 is 2.54 bits per heavy atom. The number of hydrogen-bond acceptors (Lipinski definition) is 3. The molecule has 0 saturated carbocycles. The Kier molecular flexibility index (Phi) is 8.40. The van der Waals surface area contributed by atoms with Crippen molar-refractivity contribution >= 4 is 0 Å². The molecule has 0 rings (SSSR count). The molecule has 0 aromatic carbocycles. The monoisotopic (exact) mass is 188 g/mol. The molecule has 0 amide bonds. The molecule has 0 heterocycles. The quantitative estimate of drug-likeness (QED) is 0.589. The lowest BCUT2D eigenvalue weighted by Crippen LogP contribution is -2.32. The van der Waals surface area contributed by atoms with Gasteiger partial charge in [-0.2, -0.15) is 0 Å². The third kappa shape index (κ3) is 6.99. The zero-order chi connectivity index (χ0) is 10.1. The Morgan fingerprint density at radius 2 is 2.08 bits per heavy atom. The fourth-order valence-corrected chi connectivity index (χ4v) is 1.42. The first-order chi connectivity index (χ1) is 6.24. The zero-order valence-corrected chi connectivity index (χ0v) is 9.00. The SMILES string of the molecule is CCCN(CCCN)CC(C)CO. The zero-order valence-electron chi connectivity index (χ0n) is 9.00. The number of hydrogen-bond donors (Lipinski definition) is 2. The lowest BCUT2D eigenvalue weighted by Gasteiger charge is -2.24. The molecule has 0 aliphatic rings. The Bertz CT molecular complexity index is 109. The smallest absolute Gasteiger partial charge is 0.0468 e. The highest BCUT2D eigenvalue weighted by Crippen LogP contribution is 2.00. The topological polar surface area (TPSA) is 49.5 Å². The summed E-state index contributed by atoms with van der Waals surface area (Å²) in [6, 6.07) is 0. The Morgan fingerprint density at radius 1 is 1.38 bits per heavy atom. The van der Waals surface area contributed by atoms with Crippen molar-refractivity contribution in [2.75, 3.05) is 32.8 Å². The van der Waals surface area contributed by atoms with E-state index in [1.807, 2.05) is 0 Å². The van der Waals surface area contributed by atoms with E-state index < -0.39 is 0 Å². The minimum absolute atomic E-state index is 0.281. The van der Waals surface area contributed by atoms with Gasteiger partial charge in [-0.3, -0.25) is 0 Å². The third-order valence-corrected chi connectivity index (χ3v) is 2.10. The van der Waals surface area contributed by atoms with Crippen molar-refractivity contribution in [2.24, 2.45) is 11.7 Å². The average Bonchev–Trinajstić information content (AvgIpc) is 2.14. The van der Waals surface area contributed by atoms with Gasteiger partial charge in [-0.05, 0) is 38.4 Å². The molecule has 80 valence electrons. The van der Waals surface area contributed by atoms with E-state index in [1.165, 1.54) is 6.42 Å². The van der Waals surface area contributed by atoms with Crippen LogP contribution in [-0.2, 0) is 0 Å². The molecule has 0 aliphatic carbocycles. The van der Waals surface area contributed by atoms with Gasteiger partial charge < -0.3 is 15.7 Å². The van der Waals surface area contributed by atoms with E-state index in [9.17, 15) is 0 Å². The second-order valence-electron chi connectivity index (χ2n) is 3.73. The largest absolute Gasteiger partial charge is 0.396 e. The van der Waals surface area contributed by atoms with Crippen LogP contribution in [0, 0.1) is 5.92 Å². The highest BCUT2D eigenvalue weighted by Gasteiger charge is 2.07. The van der Waals surface area contributed by atoms with Gasteiger partial charge in [0.15, 0.2) is 0 Å². The van der Waals surface area contributed by atoms with Crippen LogP contribution in [-0.4, -0.2) is 42.8 Å². The van der Waals surface area contributed by atoms with Crippen LogP contribution in [0.3, 0.4) is 0 Å². The summed E-state index contributed by atoms with van der Waals surface area (Å²) in [5.74, 6) is 0.379. The second-order valence-corrected chi connectivity index (χ2v) is 3.73. The molecule has 0 aromatic rings. The first-order valence-corrected chi connectivity index (χ1v) is 5.27. The average molecular weight is 188 g/mol. The molecule has 0 bridgehead atoms. The van der Waals surface area contributed by atoms with Gasteiger partial charge in [0.2, 0.25) is 0 Å². The van der Waals surface area contributed by atoms with E-state index in [-0.39, 0.29) is 6.61 Å². The summed E-state index contributed by atoms with van der Waals surface area (Å²) in [6.45, 7) is 8.46. The summed E-state index contributed by atoms with van der Waals surface area (Å²) in [5.41, 5.74) is 5.46. The fourth-order valence-electron chi connectivity index (χ4n) is 1.42. The summed E-state index contributed by atoms with van der Waals surface area (Å²) in [4.78, 5) is 2.38. The lowest BCUT2D eigenvalue weighted by atomic mass is 10.2. The van der Waals surface area contributed by atoms with Gasteiger partial charge in [0.25, 0.3) is 0 Å². The van der Waals surface area contributed by atoms with E-state index in [0.29, 0.717) is 5.92 Å². The van der Waals surface area contributed by atoms with E-state index in [2.05, 4.69) is 18.7 Å². The van der Waals surface area contributed by atoms with Crippen molar-refractivity contribution in [3.63, 3.8) is 0 Å². The maximum Gasteiger partial charge on any atom is 0.0468 e. The van der Waals surface area contributed by atoms with Crippen LogP contribution in [0.15, 0.2) is 0 Å². The molecule has 0 aliphatic heterocycles. The molecule has 3 heteroatoms. The minimum atomic E-state index is 0.281. The standard InChI is InChI=1S/C10H24N2O/c1-3-6-12(7-4-5-11)8-10(2)9-13/h10,13H,3-9,11H2,1-2H3. The molecule has 3 N–H and O–H groups in total. The maximum atomic E-state index is 8.93. The normalized spacial score (nSPS) is 13.6. The van der Waals surface area contributed by atoms with Crippen molar-refractivity contribution < 1.29 is 5.11 Å². The molecule has 0 radical (unpaired) electrons. The van der Waals surface area contributed by atoms with Gasteiger partial charge in [-0.1, -0.05) is 13.8 Å². The molecule has 0 aromatic heterocycles. The molecule has 0 fully saturated rings. The van der Waals surface area contributed by atoms with Crippen LogP contribution < -0.4 is 5.73 Å². The van der Waals surface area contributed by atoms with E-state index in [0.717, 1.165) is 32.6 Å². The highest BCUT2D eigenvalue weighted by atomic mass is 16.3. The Balaban J connectivity index is 3.65. The third-order valence-electron chi connectivity index (χ3n) is 2.10. The van der Waals surface area contributed by atoms with Crippen LogP contribution in [0.4, 0.5) is 0 Å². The molecule has 3 nitrogen and oxygen atoms in total. The van der Waals surface area contributed by atoms with Gasteiger partial charge in [0.1, 0.15) is 0 Å². The number of aliphatic hydroxyl groups excluding tert-OH is 1. The number of nitrogens with zero attached hydrogens (tertiary/aromatic N) is 1. The molecule has 13 heavy (non-hydrogen) atoms. The molecule has 0 spiro atoms. The van der Waals surface area contributed by atoms with Crippen molar-refractivity contribution in [2.45, 2.75) is 26.7 Å². The van der Waals surface area contributed by atoms with Crippen molar-refractivity contribution in [3.8, 4) is 0 Å². The Hall–Kier alpha value is -0.120. The predicted molar refractivity (Wildman–Crippen MR) is 56.7 cm³/mol. The van der Waals surface area contributed by atoms with Crippen molar-refractivity contribution in [1.29, 1.82) is 0 Å². The number of rotatable bonds is 8. The molecule has 1 unspecified atom stereocenters. The summed E-state index contributed by atoms with van der Waals surface area (Å²) < 4.78 is 0. The van der Waals surface area contributed by atoms with E-state index in [1.54, 1.807) is 0 Å². The van der Waals surface area contributed by atoms with Gasteiger partial charge in [-0.25, -0.2) is 0 Å². The molecular weight excluding hydrogens is 164 g/mol. The maximum absolute atomic E-state index is 8.93. The van der Waals surface area contributed by atoms with Gasteiger partial charge in [-0.15, -0.1) is 0 Å². The van der Waals surface area contributed by atoms with Crippen LogP contribution in [0.5, 0.6) is 0 Å². The molecule has 1 atom stereocenters. The Labute approximate surface area is 81.9 Å². The summed E-state index contributed by atoms with van der Waals surface area (Å²) in [5, 5.41) is 8.93. The number of aliphatic hydroxyl groups is 1. The second kappa shape index (κ2) is 8.48. The van der Waals surface area contributed by atoms with Crippen LogP contribution in [0.2, 0.25) is 0 Å². The fraction of sp³-hybridized carbons (Fsp3) is 1.00. The first kappa shape index (κ1) is 12.9. The van der Waals surface area contributed by atoms with Crippen molar-refractivity contribution in [3.05, 3.63) is 0 Å². The van der Waals surface area contributed by atoms with Gasteiger partial charge in [0.05, 0.1) is 0 Å². The van der Waals surface area contributed by atoms with Crippen LogP contribution >= 0.6 is 0 Å². The summed E-state index contributed by atoms with van der Waals surface area (Å²) >= 11 is 0. The highest BCUT2D eigenvalue weighted by molar-refractivity contribution is 4.61. The first-order valence-electron chi connectivity index (χ1n) is 5.27. The summed E-state index contributed by atoms with van der Waals surface area (Å²) in [6.07, 6.45) is 2.22.